The maximum Gasteiger partial charge on any atom is 0.387 e. The van der Waals surface area contributed by atoms with E-state index in [1.807, 2.05) is 0 Å². The van der Waals surface area contributed by atoms with Gasteiger partial charge in [0.2, 0.25) is 0 Å². The first-order valence-electron chi connectivity index (χ1n) is 4.69. The van der Waals surface area contributed by atoms with Crippen LogP contribution in [0.3, 0.4) is 0 Å². The molecule has 0 aliphatic carbocycles. The van der Waals surface area contributed by atoms with Crippen LogP contribution in [-0.2, 0) is 23.9 Å². The van der Waals surface area contributed by atoms with E-state index in [0.29, 0.717) is 0 Å². The number of hydrogen-bond acceptors (Lipinski definition) is 7. The number of aliphatic hydroxyl groups is 2. The average molecular weight is 270 g/mol. The zero-order valence-corrected chi connectivity index (χ0v) is 9.55. The molecule has 0 aromatic rings. The fourth-order valence-corrected chi connectivity index (χ4v) is 0.855. The summed E-state index contributed by atoms with van der Waals surface area (Å²) in [6.07, 6.45) is -5.08. The van der Waals surface area contributed by atoms with Crippen LogP contribution in [0.15, 0.2) is 0 Å². The number of aliphatic hydroxyl groups excluding tert-OH is 2. The quantitative estimate of drug-likeness (QED) is 0.486. The van der Waals surface area contributed by atoms with Crippen LogP contribution < -0.4 is 0 Å². The van der Waals surface area contributed by atoms with Gasteiger partial charge in [0.25, 0.3) is 0 Å². The molecule has 0 rings (SSSR count). The van der Waals surface area contributed by atoms with E-state index < -0.39 is 42.6 Å². The number of alkyl halides is 2. The maximum atomic E-state index is 13.2. The molecule has 0 aliphatic heterocycles. The molecule has 0 spiro atoms. The van der Waals surface area contributed by atoms with Crippen LogP contribution >= 0.6 is 0 Å². The highest BCUT2D eigenvalue weighted by Crippen LogP contribution is 2.23. The van der Waals surface area contributed by atoms with Crippen LogP contribution in [0.2, 0.25) is 0 Å². The molecule has 7 nitrogen and oxygen atoms in total. The van der Waals surface area contributed by atoms with Gasteiger partial charge in [-0.15, -0.1) is 0 Å². The van der Waals surface area contributed by atoms with Gasteiger partial charge in [0, 0.05) is 13.8 Å². The van der Waals surface area contributed by atoms with E-state index in [9.17, 15) is 23.2 Å². The molecule has 0 saturated carbocycles. The molecule has 0 unspecified atom stereocenters. The van der Waals surface area contributed by atoms with Crippen LogP contribution in [0.5, 0.6) is 0 Å². The summed E-state index contributed by atoms with van der Waals surface area (Å²) >= 11 is 0. The third-order valence-electron chi connectivity index (χ3n) is 1.70. The third-order valence-corrected chi connectivity index (χ3v) is 1.70. The molecule has 2 N–H and O–H groups in total. The van der Waals surface area contributed by atoms with Crippen molar-refractivity contribution in [2.24, 2.45) is 0 Å². The summed E-state index contributed by atoms with van der Waals surface area (Å²) in [5.41, 5.74) is 0. The predicted octanol–water partition coefficient (Wildman–Crippen LogP) is -1.00. The molecule has 0 aromatic carbocycles. The molecule has 0 fully saturated rings. The third kappa shape index (κ3) is 4.72. The lowest BCUT2D eigenvalue weighted by Gasteiger charge is -2.23. The van der Waals surface area contributed by atoms with Gasteiger partial charge in [-0.05, 0) is 0 Å². The Morgan fingerprint density at radius 2 is 1.67 bits per heavy atom. The van der Waals surface area contributed by atoms with Crippen LogP contribution in [-0.4, -0.2) is 52.9 Å². The number of hydrogen-bond donors (Lipinski definition) is 2. The van der Waals surface area contributed by atoms with Crippen molar-refractivity contribution in [2.75, 3.05) is 6.61 Å². The monoisotopic (exact) mass is 270 g/mol. The maximum absolute atomic E-state index is 13.2. The van der Waals surface area contributed by atoms with E-state index in [4.69, 9.17) is 10.2 Å². The van der Waals surface area contributed by atoms with Crippen molar-refractivity contribution in [2.45, 2.75) is 32.0 Å². The summed E-state index contributed by atoms with van der Waals surface area (Å²) in [7, 11) is 0. The molecule has 104 valence electrons. The van der Waals surface area contributed by atoms with E-state index in [2.05, 4.69) is 9.47 Å². The molecule has 0 bridgehead atoms. The summed E-state index contributed by atoms with van der Waals surface area (Å²) in [6.45, 7) is 0.746. The molecular formula is C9H12F2O7. The van der Waals surface area contributed by atoms with Crippen molar-refractivity contribution < 1.29 is 42.9 Å². The Labute approximate surface area is 100 Å². The summed E-state index contributed by atoms with van der Waals surface area (Å²) in [4.78, 5) is 31.5. The second-order valence-corrected chi connectivity index (χ2v) is 3.32. The van der Waals surface area contributed by atoms with E-state index in [0.717, 1.165) is 13.8 Å². The van der Waals surface area contributed by atoms with Gasteiger partial charge in [-0.25, -0.2) is 4.79 Å². The lowest BCUT2D eigenvalue weighted by atomic mass is 10.1. The number of esters is 3. The Morgan fingerprint density at radius 1 is 1.17 bits per heavy atom. The van der Waals surface area contributed by atoms with Crippen molar-refractivity contribution in [3.05, 3.63) is 0 Å². The van der Waals surface area contributed by atoms with E-state index >= 15 is 0 Å². The minimum absolute atomic E-state index is 0.718. The van der Waals surface area contributed by atoms with Gasteiger partial charge in [0.05, 0.1) is 0 Å². The zero-order chi connectivity index (χ0) is 14.5. The number of carbonyl (C=O) groups is 3. The smallest absolute Gasteiger partial charge is 0.387 e. The summed E-state index contributed by atoms with van der Waals surface area (Å²) in [5.74, 6) is -8.97. The topological polar surface area (TPSA) is 110 Å². The molecule has 9 heteroatoms. The second-order valence-electron chi connectivity index (χ2n) is 3.32. The Morgan fingerprint density at radius 3 is 2.06 bits per heavy atom. The molecule has 0 aromatic heterocycles. The molecule has 0 radical (unpaired) electrons. The van der Waals surface area contributed by atoms with Gasteiger partial charge in [0.1, 0.15) is 12.7 Å². The van der Waals surface area contributed by atoms with Crippen LogP contribution in [0.4, 0.5) is 8.78 Å². The van der Waals surface area contributed by atoms with Crippen molar-refractivity contribution in [3.63, 3.8) is 0 Å². The number of carbonyl (C=O) groups excluding carboxylic acids is 3. The Hall–Kier alpha value is -1.61. The van der Waals surface area contributed by atoms with E-state index in [1.165, 1.54) is 0 Å². The molecule has 2 atom stereocenters. The highest BCUT2D eigenvalue weighted by atomic mass is 19.3. The first kappa shape index (κ1) is 16.4. The first-order valence-corrected chi connectivity index (χ1v) is 4.69. The Balaban J connectivity index is 4.62. The normalized spacial score (nSPS) is 14.6. The second kappa shape index (κ2) is 6.36. The number of halogens is 2. The van der Waals surface area contributed by atoms with E-state index in [-0.39, 0.29) is 0 Å². The van der Waals surface area contributed by atoms with Crippen LogP contribution in [0.25, 0.3) is 0 Å². The van der Waals surface area contributed by atoms with Gasteiger partial charge < -0.3 is 19.7 Å². The minimum Gasteiger partial charge on any atom is -0.463 e. The van der Waals surface area contributed by atoms with Crippen molar-refractivity contribution in [3.8, 4) is 0 Å². The minimum atomic E-state index is -4.51. The van der Waals surface area contributed by atoms with Gasteiger partial charge in [0.15, 0.2) is 6.10 Å². The molecule has 0 heterocycles. The number of ether oxygens (including phenoxy) is 2. The highest BCUT2D eigenvalue weighted by Gasteiger charge is 2.52. The zero-order valence-electron chi connectivity index (χ0n) is 9.55. The van der Waals surface area contributed by atoms with Crippen LogP contribution in [0.1, 0.15) is 13.8 Å². The number of rotatable bonds is 5. The lowest BCUT2D eigenvalue weighted by Crippen LogP contribution is -2.50. The Kier molecular flexibility index (Phi) is 5.79. The summed E-state index contributed by atoms with van der Waals surface area (Å²) in [6, 6.07) is 0. The van der Waals surface area contributed by atoms with Crippen molar-refractivity contribution >= 4 is 17.9 Å². The first-order chi connectivity index (χ1) is 8.09. The average Bonchev–Trinajstić information content (AvgIpc) is 2.23. The van der Waals surface area contributed by atoms with E-state index in [1.54, 1.807) is 0 Å². The largest absolute Gasteiger partial charge is 0.463 e. The molecule has 0 aliphatic rings. The van der Waals surface area contributed by atoms with Gasteiger partial charge in [-0.3, -0.25) is 9.59 Å². The van der Waals surface area contributed by atoms with Gasteiger partial charge in [-0.2, -0.15) is 8.78 Å². The summed E-state index contributed by atoms with van der Waals surface area (Å²) < 4.78 is 34.1. The SMILES string of the molecule is CC(=O)OC[C@@H](O)[C@@H](O)C(F)(F)C(=O)OC(C)=O. The standard InChI is InChI=1S/C9H12F2O7/c1-4(12)17-3-6(14)7(15)9(10,11)8(16)18-5(2)13/h6-7,14-15H,3H2,1-2H3/t6-,7-/m1/s1. The predicted molar refractivity (Wildman–Crippen MR) is 50.4 cm³/mol. The molecule has 0 amide bonds. The van der Waals surface area contributed by atoms with Gasteiger partial charge >= 0.3 is 23.8 Å². The lowest BCUT2D eigenvalue weighted by molar-refractivity contribution is -0.204. The highest BCUT2D eigenvalue weighted by molar-refractivity contribution is 5.88. The fraction of sp³-hybridized carbons (Fsp3) is 0.667. The molecular weight excluding hydrogens is 258 g/mol. The summed E-state index contributed by atoms with van der Waals surface area (Å²) in [5, 5.41) is 18.1. The van der Waals surface area contributed by atoms with Crippen molar-refractivity contribution in [1.82, 2.24) is 0 Å². The van der Waals surface area contributed by atoms with Crippen molar-refractivity contribution in [1.29, 1.82) is 0 Å². The van der Waals surface area contributed by atoms with Gasteiger partial charge in [-0.1, -0.05) is 0 Å². The molecule has 18 heavy (non-hydrogen) atoms. The Bertz CT molecular complexity index is 342. The molecule has 0 saturated heterocycles. The fourth-order valence-electron chi connectivity index (χ4n) is 0.855. The van der Waals surface area contributed by atoms with Crippen LogP contribution in [0, 0.1) is 0 Å².